The number of rotatable bonds is 6. The summed E-state index contributed by atoms with van der Waals surface area (Å²) in [5.41, 5.74) is 0.700. The lowest BCUT2D eigenvalue weighted by Gasteiger charge is -2.16. The average Bonchev–Trinajstić information content (AvgIpc) is 3.12. The summed E-state index contributed by atoms with van der Waals surface area (Å²) < 4.78 is 24.8. The van der Waals surface area contributed by atoms with Gasteiger partial charge in [0.1, 0.15) is 11.9 Å². The van der Waals surface area contributed by atoms with Crippen LogP contribution >= 0.6 is 0 Å². The molecule has 136 valence electrons. The summed E-state index contributed by atoms with van der Waals surface area (Å²) in [5, 5.41) is 2.98. The lowest BCUT2D eigenvalue weighted by atomic mass is 10.3. The zero-order chi connectivity index (χ0) is 18.5. The van der Waals surface area contributed by atoms with Crippen molar-refractivity contribution in [2.45, 2.75) is 12.5 Å². The highest BCUT2D eigenvalue weighted by atomic mass is 19.1. The van der Waals surface area contributed by atoms with Crippen molar-refractivity contribution in [1.82, 2.24) is 14.9 Å². The van der Waals surface area contributed by atoms with Crippen molar-refractivity contribution in [3.63, 3.8) is 0 Å². The Morgan fingerprint density at radius 3 is 3.12 bits per heavy atom. The number of ether oxygens (including phenoxy) is 2. The number of anilines is 2. The Morgan fingerprint density at radius 1 is 1.50 bits per heavy atom. The van der Waals surface area contributed by atoms with Crippen molar-refractivity contribution >= 4 is 17.5 Å². The van der Waals surface area contributed by atoms with Gasteiger partial charge in [0.25, 0.3) is 5.88 Å². The first kappa shape index (κ1) is 17.7. The Morgan fingerprint density at radius 2 is 2.35 bits per heavy atom. The number of aromatic nitrogens is 2. The molecule has 1 amide bonds. The lowest BCUT2D eigenvalue weighted by molar-refractivity contribution is -0.125. The fraction of sp³-hybridized carbons (Fsp3) is 0.278. The minimum atomic E-state index is -0.658. The third kappa shape index (κ3) is 4.08. The topological polar surface area (TPSA) is 76.6 Å². The molecular formula is C18H19FN4O3. The highest BCUT2D eigenvalue weighted by Crippen LogP contribution is 2.23. The van der Waals surface area contributed by atoms with Crippen LogP contribution < -0.4 is 14.8 Å². The van der Waals surface area contributed by atoms with E-state index in [1.54, 1.807) is 18.1 Å². The number of methoxy groups -OCH3 is 1. The molecule has 0 aliphatic carbocycles. The largest absolute Gasteiger partial charge is 0.497 e. The first-order chi connectivity index (χ1) is 12.6. The molecule has 2 aromatic rings. The van der Waals surface area contributed by atoms with Gasteiger partial charge in [0.15, 0.2) is 0 Å². The standard InChI is InChI=1S/C18H19FN4O3/c1-3-16(24)23-8-7-14(11-23)26-17-15(19)10-20-18(22-17)21-12-5-4-6-13(9-12)25-2/h3-6,9-10,14H,1,7-8,11H2,2H3,(H,20,21,22). The second-order valence-corrected chi connectivity index (χ2v) is 5.72. The fourth-order valence-electron chi connectivity index (χ4n) is 2.64. The molecule has 1 unspecified atom stereocenters. The monoisotopic (exact) mass is 358 g/mol. The zero-order valence-corrected chi connectivity index (χ0v) is 14.3. The van der Waals surface area contributed by atoms with Gasteiger partial charge >= 0.3 is 0 Å². The van der Waals surface area contributed by atoms with E-state index in [2.05, 4.69) is 21.9 Å². The van der Waals surface area contributed by atoms with Gasteiger partial charge in [-0.15, -0.1) is 0 Å². The number of nitrogens with zero attached hydrogens (tertiary/aromatic N) is 3. The first-order valence-corrected chi connectivity index (χ1v) is 8.10. The van der Waals surface area contributed by atoms with Crippen LogP contribution in [0.1, 0.15) is 6.42 Å². The first-order valence-electron chi connectivity index (χ1n) is 8.10. The van der Waals surface area contributed by atoms with Gasteiger partial charge in [-0.2, -0.15) is 9.37 Å². The number of carbonyl (C=O) groups is 1. The van der Waals surface area contributed by atoms with Crippen molar-refractivity contribution in [1.29, 1.82) is 0 Å². The number of nitrogens with one attached hydrogen (secondary N) is 1. The zero-order valence-electron chi connectivity index (χ0n) is 14.3. The number of halogens is 1. The molecule has 1 N–H and O–H groups in total. The van der Waals surface area contributed by atoms with Crippen LogP contribution in [0.25, 0.3) is 0 Å². The highest BCUT2D eigenvalue weighted by Gasteiger charge is 2.27. The Kier molecular flexibility index (Phi) is 5.31. The van der Waals surface area contributed by atoms with Gasteiger partial charge in [-0.3, -0.25) is 4.79 Å². The number of hydrogen-bond donors (Lipinski definition) is 1. The van der Waals surface area contributed by atoms with Crippen LogP contribution in [0.5, 0.6) is 11.6 Å². The molecule has 3 rings (SSSR count). The molecule has 1 aromatic heterocycles. The second kappa shape index (κ2) is 7.81. The molecule has 2 heterocycles. The summed E-state index contributed by atoms with van der Waals surface area (Å²) in [4.78, 5) is 21.2. The number of likely N-dealkylation sites (tertiary alicyclic amines) is 1. The van der Waals surface area contributed by atoms with E-state index in [0.29, 0.717) is 30.9 Å². The van der Waals surface area contributed by atoms with Crippen molar-refractivity contribution in [2.75, 3.05) is 25.5 Å². The summed E-state index contributed by atoms with van der Waals surface area (Å²) in [6.45, 7) is 4.37. The maximum Gasteiger partial charge on any atom is 0.255 e. The summed E-state index contributed by atoms with van der Waals surface area (Å²) in [6.07, 6.45) is 2.57. The van der Waals surface area contributed by atoms with Crippen LogP contribution in [-0.4, -0.2) is 47.1 Å². The number of benzene rings is 1. The van der Waals surface area contributed by atoms with Crippen molar-refractivity contribution in [2.24, 2.45) is 0 Å². The summed E-state index contributed by atoms with van der Waals surface area (Å²) in [5.74, 6) is -0.101. The molecule has 1 saturated heterocycles. The molecule has 0 spiro atoms. The predicted octanol–water partition coefficient (Wildman–Crippen LogP) is 2.53. The number of carbonyl (C=O) groups excluding carboxylic acids is 1. The number of hydrogen-bond acceptors (Lipinski definition) is 6. The van der Waals surface area contributed by atoms with Crippen molar-refractivity contribution < 1.29 is 18.7 Å². The van der Waals surface area contributed by atoms with Gasteiger partial charge in [-0.25, -0.2) is 4.98 Å². The SMILES string of the molecule is C=CC(=O)N1CCC(Oc2nc(Nc3cccc(OC)c3)ncc2F)C1. The Labute approximate surface area is 150 Å². The molecule has 1 aliphatic heterocycles. The van der Waals surface area contributed by atoms with E-state index in [9.17, 15) is 9.18 Å². The van der Waals surface area contributed by atoms with Crippen molar-refractivity contribution in [3.05, 3.63) is 48.9 Å². The van der Waals surface area contributed by atoms with Crippen LogP contribution in [0.4, 0.5) is 16.0 Å². The Hall–Kier alpha value is -3.16. The van der Waals surface area contributed by atoms with E-state index in [1.165, 1.54) is 6.08 Å². The van der Waals surface area contributed by atoms with Gasteiger partial charge in [-0.1, -0.05) is 12.6 Å². The Balaban J connectivity index is 1.70. The molecule has 8 heteroatoms. The maximum atomic E-state index is 14.0. The summed E-state index contributed by atoms with van der Waals surface area (Å²) in [6, 6.07) is 7.20. The van der Waals surface area contributed by atoms with Crippen LogP contribution in [-0.2, 0) is 4.79 Å². The van der Waals surface area contributed by atoms with E-state index >= 15 is 0 Å². The molecule has 0 bridgehead atoms. The molecule has 1 fully saturated rings. The molecule has 0 saturated carbocycles. The molecule has 0 radical (unpaired) electrons. The second-order valence-electron chi connectivity index (χ2n) is 5.72. The molecule has 1 aliphatic rings. The predicted molar refractivity (Wildman–Crippen MR) is 94.1 cm³/mol. The van der Waals surface area contributed by atoms with Gasteiger partial charge in [0, 0.05) is 24.7 Å². The van der Waals surface area contributed by atoms with Gasteiger partial charge < -0.3 is 19.7 Å². The normalized spacial score (nSPS) is 16.2. The van der Waals surface area contributed by atoms with E-state index < -0.39 is 5.82 Å². The minimum absolute atomic E-state index is 0.150. The molecule has 1 aromatic carbocycles. The Bertz CT molecular complexity index is 815. The van der Waals surface area contributed by atoms with Crippen LogP contribution in [0.2, 0.25) is 0 Å². The van der Waals surface area contributed by atoms with E-state index in [4.69, 9.17) is 9.47 Å². The van der Waals surface area contributed by atoms with Crippen LogP contribution in [0, 0.1) is 5.82 Å². The lowest BCUT2D eigenvalue weighted by Crippen LogP contribution is -2.29. The highest BCUT2D eigenvalue weighted by molar-refractivity contribution is 5.87. The van der Waals surface area contributed by atoms with E-state index in [1.807, 2.05) is 18.2 Å². The molecule has 1 atom stereocenters. The summed E-state index contributed by atoms with van der Waals surface area (Å²) >= 11 is 0. The van der Waals surface area contributed by atoms with Crippen LogP contribution in [0.15, 0.2) is 43.1 Å². The van der Waals surface area contributed by atoms with E-state index in [0.717, 1.165) is 6.20 Å². The molecule has 7 nitrogen and oxygen atoms in total. The quantitative estimate of drug-likeness (QED) is 0.800. The third-order valence-corrected chi connectivity index (χ3v) is 3.95. The van der Waals surface area contributed by atoms with Crippen LogP contribution in [0.3, 0.4) is 0 Å². The van der Waals surface area contributed by atoms with Crippen molar-refractivity contribution in [3.8, 4) is 11.6 Å². The van der Waals surface area contributed by atoms with Gasteiger partial charge in [0.05, 0.1) is 19.9 Å². The average molecular weight is 358 g/mol. The smallest absolute Gasteiger partial charge is 0.255 e. The molecular weight excluding hydrogens is 339 g/mol. The molecule has 26 heavy (non-hydrogen) atoms. The number of amides is 1. The summed E-state index contributed by atoms with van der Waals surface area (Å²) in [7, 11) is 1.57. The maximum absolute atomic E-state index is 14.0. The third-order valence-electron chi connectivity index (χ3n) is 3.95. The minimum Gasteiger partial charge on any atom is -0.497 e. The van der Waals surface area contributed by atoms with E-state index in [-0.39, 0.29) is 23.8 Å². The van der Waals surface area contributed by atoms with Gasteiger partial charge in [-0.05, 0) is 18.2 Å². The van der Waals surface area contributed by atoms with Gasteiger partial charge in [0.2, 0.25) is 17.7 Å². The fourth-order valence-corrected chi connectivity index (χ4v) is 2.64.